The molecule has 1 fully saturated rings. The third-order valence-electron chi connectivity index (χ3n) is 3.40. The predicted octanol–water partition coefficient (Wildman–Crippen LogP) is 1.71. The average molecular weight is 259 g/mol. The van der Waals surface area contributed by atoms with E-state index in [0.717, 1.165) is 43.9 Å². The fourth-order valence-corrected chi connectivity index (χ4v) is 2.27. The van der Waals surface area contributed by atoms with Crippen LogP contribution in [0.25, 0.3) is 11.4 Å². The molecule has 1 aliphatic heterocycles. The lowest BCUT2D eigenvalue weighted by molar-refractivity contribution is 0.0699. The maximum Gasteiger partial charge on any atom is 0.204 e. The summed E-state index contributed by atoms with van der Waals surface area (Å²) in [4.78, 5) is 0. The minimum Gasteiger partial charge on any atom is -0.385 e. The van der Waals surface area contributed by atoms with E-state index < -0.39 is 0 Å². The molecule has 19 heavy (non-hydrogen) atoms. The van der Waals surface area contributed by atoms with Gasteiger partial charge >= 0.3 is 0 Å². The summed E-state index contributed by atoms with van der Waals surface area (Å²) in [7, 11) is 0. The van der Waals surface area contributed by atoms with Crippen molar-refractivity contribution < 1.29 is 4.74 Å². The van der Waals surface area contributed by atoms with E-state index in [4.69, 9.17) is 4.74 Å². The van der Waals surface area contributed by atoms with Crippen molar-refractivity contribution in [1.29, 1.82) is 0 Å². The third kappa shape index (κ3) is 3.08. The smallest absolute Gasteiger partial charge is 0.204 e. The van der Waals surface area contributed by atoms with Crippen LogP contribution in [0.15, 0.2) is 24.3 Å². The highest BCUT2D eigenvalue weighted by molar-refractivity contribution is 5.61. The summed E-state index contributed by atoms with van der Waals surface area (Å²) in [6.07, 6.45) is 2.27. The molecular formula is C13H17N5O. The van der Waals surface area contributed by atoms with Gasteiger partial charge in [-0.2, -0.15) is 5.21 Å². The SMILES string of the molecule is c1cc(NCC2CCOCC2)cc(-c2nn[nH]n2)c1. The molecule has 0 atom stereocenters. The number of rotatable bonds is 4. The average Bonchev–Trinajstić information content (AvgIpc) is 3.01. The quantitative estimate of drug-likeness (QED) is 0.874. The summed E-state index contributed by atoms with van der Waals surface area (Å²) in [5.74, 6) is 1.32. The Hall–Kier alpha value is -1.95. The maximum atomic E-state index is 5.37. The Kier molecular flexibility index (Phi) is 3.69. The van der Waals surface area contributed by atoms with Gasteiger partial charge in [0.25, 0.3) is 0 Å². The fourth-order valence-electron chi connectivity index (χ4n) is 2.27. The standard InChI is InChI=1S/C13H17N5O/c1-2-11(13-15-17-18-16-13)8-12(3-1)14-9-10-4-6-19-7-5-10/h1-3,8,10,14H,4-7,9H2,(H,15,16,17,18). The van der Waals surface area contributed by atoms with Crippen LogP contribution in [0.4, 0.5) is 5.69 Å². The molecule has 0 unspecified atom stereocenters. The summed E-state index contributed by atoms with van der Waals surface area (Å²) < 4.78 is 5.37. The zero-order chi connectivity index (χ0) is 12.9. The van der Waals surface area contributed by atoms with Gasteiger partial charge in [-0.05, 0) is 36.1 Å². The minimum absolute atomic E-state index is 0.620. The van der Waals surface area contributed by atoms with Crippen molar-refractivity contribution in [3.8, 4) is 11.4 Å². The zero-order valence-corrected chi connectivity index (χ0v) is 10.7. The summed E-state index contributed by atoms with van der Waals surface area (Å²) in [5.41, 5.74) is 2.06. The molecule has 2 heterocycles. The molecule has 1 aromatic heterocycles. The number of nitrogens with one attached hydrogen (secondary N) is 2. The molecule has 1 saturated heterocycles. The molecule has 0 bridgehead atoms. The van der Waals surface area contributed by atoms with Gasteiger partial charge in [0.15, 0.2) is 0 Å². The number of tetrazole rings is 1. The monoisotopic (exact) mass is 259 g/mol. The van der Waals surface area contributed by atoms with E-state index in [1.807, 2.05) is 18.2 Å². The molecule has 100 valence electrons. The molecule has 0 saturated carbocycles. The van der Waals surface area contributed by atoms with Gasteiger partial charge in [-0.3, -0.25) is 0 Å². The Balaban J connectivity index is 1.63. The molecule has 0 amide bonds. The molecule has 0 aliphatic carbocycles. The van der Waals surface area contributed by atoms with Crippen molar-refractivity contribution in [3.05, 3.63) is 24.3 Å². The number of aromatic amines is 1. The number of benzene rings is 1. The van der Waals surface area contributed by atoms with Gasteiger partial charge in [0.2, 0.25) is 5.82 Å². The number of nitrogens with zero attached hydrogens (tertiary/aromatic N) is 3. The summed E-state index contributed by atoms with van der Waals surface area (Å²) in [6.45, 7) is 2.75. The molecular weight excluding hydrogens is 242 g/mol. The number of hydrogen-bond acceptors (Lipinski definition) is 5. The number of anilines is 1. The topological polar surface area (TPSA) is 75.7 Å². The van der Waals surface area contributed by atoms with E-state index >= 15 is 0 Å². The Bertz CT molecular complexity index is 508. The molecule has 2 aromatic rings. The van der Waals surface area contributed by atoms with Crippen molar-refractivity contribution in [3.63, 3.8) is 0 Å². The first-order chi connectivity index (χ1) is 9.42. The second kappa shape index (κ2) is 5.79. The predicted molar refractivity (Wildman–Crippen MR) is 71.6 cm³/mol. The van der Waals surface area contributed by atoms with Crippen molar-refractivity contribution in [1.82, 2.24) is 20.6 Å². The molecule has 6 heteroatoms. The van der Waals surface area contributed by atoms with Crippen LogP contribution in [0.3, 0.4) is 0 Å². The molecule has 0 radical (unpaired) electrons. The van der Waals surface area contributed by atoms with Crippen LogP contribution in [0.5, 0.6) is 0 Å². The van der Waals surface area contributed by atoms with Crippen LogP contribution in [0, 0.1) is 5.92 Å². The van der Waals surface area contributed by atoms with Crippen molar-refractivity contribution in [2.75, 3.05) is 25.1 Å². The van der Waals surface area contributed by atoms with Crippen LogP contribution < -0.4 is 5.32 Å². The van der Waals surface area contributed by atoms with E-state index in [-0.39, 0.29) is 0 Å². The van der Waals surface area contributed by atoms with Gasteiger partial charge in [0.1, 0.15) is 0 Å². The van der Waals surface area contributed by atoms with Gasteiger partial charge in [0, 0.05) is 31.0 Å². The van der Waals surface area contributed by atoms with Crippen molar-refractivity contribution in [2.45, 2.75) is 12.8 Å². The van der Waals surface area contributed by atoms with Gasteiger partial charge < -0.3 is 10.1 Å². The molecule has 2 N–H and O–H groups in total. The highest BCUT2D eigenvalue weighted by Crippen LogP contribution is 2.20. The number of aromatic nitrogens is 4. The van der Waals surface area contributed by atoms with E-state index in [1.165, 1.54) is 0 Å². The summed E-state index contributed by atoms with van der Waals surface area (Å²) in [6, 6.07) is 8.08. The summed E-state index contributed by atoms with van der Waals surface area (Å²) in [5, 5.41) is 17.5. The highest BCUT2D eigenvalue weighted by Gasteiger charge is 2.13. The largest absolute Gasteiger partial charge is 0.385 e. The lowest BCUT2D eigenvalue weighted by Crippen LogP contribution is -2.22. The van der Waals surface area contributed by atoms with Gasteiger partial charge in [0.05, 0.1) is 0 Å². The minimum atomic E-state index is 0.620. The Labute approximate surface area is 111 Å². The lowest BCUT2D eigenvalue weighted by Gasteiger charge is -2.22. The first-order valence-electron chi connectivity index (χ1n) is 6.57. The first kappa shape index (κ1) is 12.1. The molecule has 1 aliphatic rings. The Morgan fingerprint density at radius 3 is 3.00 bits per heavy atom. The second-order valence-corrected chi connectivity index (χ2v) is 4.75. The van der Waals surface area contributed by atoms with Gasteiger partial charge in [-0.25, -0.2) is 0 Å². The third-order valence-corrected chi connectivity index (χ3v) is 3.40. The second-order valence-electron chi connectivity index (χ2n) is 4.75. The lowest BCUT2D eigenvalue weighted by atomic mass is 10.0. The molecule has 6 nitrogen and oxygen atoms in total. The van der Waals surface area contributed by atoms with Gasteiger partial charge in [-0.15, -0.1) is 10.2 Å². The van der Waals surface area contributed by atoms with Gasteiger partial charge in [-0.1, -0.05) is 12.1 Å². The molecule has 1 aromatic carbocycles. The normalized spacial score (nSPS) is 16.4. The van der Waals surface area contributed by atoms with Crippen LogP contribution in [0.2, 0.25) is 0 Å². The number of ether oxygens (including phenoxy) is 1. The van der Waals surface area contributed by atoms with E-state index in [9.17, 15) is 0 Å². The van der Waals surface area contributed by atoms with Crippen LogP contribution >= 0.6 is 0 Å². The zero-order valence-electron chi connectivity index (χ0n) is 10.7. The first-order valence-corrected chi connectivity index (χ1v) is 6.57. The van der Waals surface area contributed by atoms with Crippen molar-refractivity contribution in [2.24, 2.45) is 5.92 Å². The maximum absolute atomic E-state index is 5.37. The molecule has 0 spiro atoms. The van der Waals surface area contributed by atoms with Crippen LogP contribution in [-0.4, -0.2) is 40.4 Å². The Morgan fingerprint density at radius 1 is 1.32 bits per heavy atom. The van der Waals surface area contributed by atoms with Crippen LogP contribution in [0.1, 0.15) is 12.8 Å². The van der Waals surface area contributed by atoms with E-state index in [2.05, 4.69) is 32.0 Å². The fraction of sp³-hybridized carbons (Fsp3) is 0.462. The van der Waals surface area contributed by atoms with E-state index in [0.29, 0.717) is 11.7 Å². The summed E-state index contributed by atoms with van der Waals surface area (Å²) >= 11 is 0. The molecule has 3 rings (SSSR count). The Morgan fingerprint density at radius 2 is 2.21 bits per heavy atom. The van der Waals surface area contributed by atoms with Crippen molar-refractivity contribution >= 4 is 5.69 Å². The highest BCUT2D eigenvalue weighted by atomic mass is 16.5. The number of H-pyrrole nitrogens is 1. The van der Waals surface area contributed by atoms with Crippen LogP contribution in [-0.2, 0) is 4.74 Å². The van der Waals surface area contributed by atoms with E-state index in [1.54, 1.807) is 0 Å². The number of hydrogen-bond donors (Lipinski definition) is 2.